The molecule has 5 nitrogen and oxygen atoms in total. The summed E-state index contributed by atoms with van der Waals surface area (Å²) in [6.45, 7) is 2.51. The van der Waals surface area contributed by atoms with Gasteiger partial charge in [-0.15, -0.1) is 0 Å². The van der Waals surface area contributed by atoms with Crippen LogP contribution in [0.4, 0.5) is 11.4 Å². The third-order valence-electron chi connectivity index (χ3n) is 4.92. The Morgan fingerprint density at radius 1 is 1.00 bits per heavy atom. The quantitative estimate of drug-likeness (QED) is 0.738. The minimum absolute atomic E-state index is 0.0896. The molecule has 0 saturated carbocycles. The molecule has 0 aliphatic carbocycles. The number of pyridine rings is 1. The maximum atomic E-state index is 12.9. The Kier molecular flexibility index (Phi) is 4.89. The lowest BCUT2D eigenvalue weighted by Crippen LogP contribution is -2.25. The molecule has 0 radical (unpaired) electrons. The Morgan fingerprint density at radius 2 is 1.75 bits per heavy atom. The Morgan fingerprint density at radius 3 is 2.46 bits per heavy atom. The zero-order valence-electron chi connectivity index (χ0n) is 15.7. The Hall–Kier alpha value is -3.47. The van der Waals surface area contributed by atoms with Crippen LogP contribution in [0.15, 0.2) is 66.7 Å². The molecule has 0 atom stereocenters. The summed E-state index contributed by atoms with van der Waals surface area (Å²) in [6, 6.07) is 20.9. The Labute approximate surface area is 164 Å². The van der Waals surface area contributed by atoms with Gasteiger partial charge in [0.2, 0.25) is 5.91 Å². The van der Waals surface area contributed by atoms with E-state index in [0.29, 0.717) is 29.9 Å². The van der Waals surface area contributed by atoms with E-state index >= 15 is 0 Å². The number of carbonyl (C=O) groups is 2. The van der Waals surface area contributed by atoms with Crippen LogP contribution >= 0.6 is 0 Å². The minimum atomic E-state index is -0.233. The Bertz CT molecular complexity index is 1030. The summed E-state index contributed by atoms with van der Waals surface area (Å²) in [6.07, 6.45) is 1.39. The van der Waals surface area contributed by atoms with Crippen molar-refractivity contribution in [3.05, 3.63) is 78.0 Å². The number of anilines is 2. The maximum absolute atomic E-state index is 12.9. The predicted molar refractivity (Wildman–Crippen MR) is 110 cm³/mol. The van der Waals surface area contributed by atoms with Crippen LogP contribution < -0.4 is 10.2 Å². The molecule has 1 aliphatic rings. The van der Waals surface area contributed by atoms with Crippen molar-refractivity contribution in [2.75, 3.05) is 16.8 Å². The highest BCUT2D eigenvalue weighted by Crippen LogP contribution is 2.30. The van der Waals surface area contributed by atoms with Gasteiger partial charge in [-0.3, -0.25) is 14.6 Å². The number of carbonyl (C=O) groups excluding carboxylic acids is 2. The van der Waals surface area contributed by atoms with Gasteiger partial charge in [-0.1, -0.05) is 42.5 Å². The van der Waals surface area contributed by atoms with E-state index in [1.54, 1.807) is 11.0 Å². The first kappa shape index (κ1) is 17.9. The number of hydrogen-bond donors (Lipinski definition) is 1. The molecular weight excluding hydrogens is 350 g/mol. The standard InChI is InChI=1S/C23H21N3O2/c1-16-18(13-14-19(24-16)17-8-3-2-4-9-17)23(28)25-20-10-5-6-11-21(20)26-15-7-12-22(26)27/h2-6,8-11,13-14H,7,12,15H2,1H3,(H,25,28). The molecule has 2 heterocycles. The largest absolute Gasteiger partial charge is 0.320 e. The number of benzene rings is 2. The van der Waals surface area contributed by atoms with E-state index in [9.17, 15) is 9.59 Å². The molecule has 1 fully saturated rings. The molecule has 1 aliphatic heterocycles. The molecule has 0 unspecified atom stereocenters. The van der Waals surface area contributed by atoms with Crippen LogP contribution in [0.2, 0.25) is 0 Å². The summed E-state index contributed by atoms with van der Waals surface area (Å²) in [4.78, 5) is 31.3. The van der Waals surface area contributed by atoms with Crippen LogP contribution in [0.25, 0.3) is 11.3 Å². The van der Waals surface area contributed by atoms with Gasteiger partial charge in [-0.2, -0.15) is 0 Å². The molecule has 1 aromatic heterocycles. The van der Waals surface area contributed by atoms with E-state index in [-0.39, 0.29) is 11.8 Å². The minimum Gasteiger partial charge on any atom is -0.320 e. The average Bonchev–Trinajstić information content (AvgIpc) is 3.14. The molecule has 5 heteroatoms. The van der Waals surface area contributed by atoms with E-state index < -0.39 is 0 Å². The second-order valence-corrected chi connectivity index (χ2v) is 6.82. The molecule has 2 aromatic carbocycles. The van der Waals surface area contributed by atoms with E-state index in [0.717, 1.165) is 23.4 Å². The zero-order chi connectivity index (χ0) is 19.5. The predicted octanol–water partition coefficient (Wildman–Crippen LogP) is 4.44. The van der Waals surface area contributed by atoms with Crippen molar-refractivity contribution >= 4 is 23.2 Å². The highest BCUT2D eigenvalue weighted by Gasteiger charge is 2.24. The summed E-state index contributed by atoms with van der Waals surface area (Å²) in [7, 11) is 0. The number of hydrogen-bond acceptors (Lipinski definition) is 3. The van der Waals surface area contributed by atoms with E-state index in [2.05, 4.69) is 10.3 Å². The highest BCUT2D eigenvalue weighted by molar-refractivity contribution is 6.08. The van der Waals surface area contributed by atoms with Gasteiger partial charge in [0.05, 0.1) is 28.3 Å². The van der Waals surface area contributed by atoms with Gasteiger partial charge in [0.15, 0.2) is 0 Å². The monoisotopic (exact) mass is 371 g/mol. The molecule has 0 spiro atoms. The number of aryl methyl sites for hydroxylation is 1. The van der Waals surface area contributed by atoms with E-state index in [1.807, 2.05) is 67.6 Å². The maximum Gasteiger partial charge on any atom is 0.257 e. The number of rotatable bonds is 4. The van der Waals surface area contributed by atoms with Gasteiger partial charge in [0, 0.05) is 18.5 Å². The van der Waals surface area contributed by atoms with Crippen molar-refractivity contribution in [2.24, 2.45) is 0 Å². The molecule has 3 aromatic rings. The molecule has 1 saturated heterocycles. The van der Waals surface area contributed by atoms with Crippen LogP contribution in [0, 0.1) is 6.92 Å². The summed E-state index contributed by atoms with van der Waals surface area (Å²) >= 11 is 0. The number of amides is 2. The number of para-hydroxylation sites is 2. The molecular formula is C23H21N3O2. The molecule has 4 rings (SSSR count). The van der Waals surface area contributed by atoms with Crippen molar-refractivity contribution < 1.29 is 9.59 Å². The lowest BCUT2D eigenvalue weighted by Gasteiger charge is -2.20. The van der Waals surface area contributed by atoms with Crippen LogP contribution in [-0.2, 0) is 4.79 Å². The van der Waals surface area contributed by atoms with Crippen molar-refractivity contribution in [3.8, 4) is 11.3 Å². The van der Waals surface area contributed by atoms with E-state index in [1.165, 1.54) is 0 Å². The van der Waals surface area contributed by atoms with Crippen LogP contribution in [0.1, 0.15) is 28.9 Å². The molecule has 140 valence electrons. The molecule has 0 bridgehead atoms. The van der Waals surface area contributed by atoms with Crippen LogP contribution in [0.5, 0.6) is 0 Å². The fourth-order valence-corrected chi connectivity index (χ4v) is 3.48. The number of nitrogens with zero attached hydrogens (tertiary/aromatic N) is 2. The van der Waals surface area contributed by atoms with E-state index in [4.69, 9.17) is 0 Å². The SMILES string of the molecule is Cc1nc(-c2ccccc2)ccc1C(=O)Nc1ccccc1N1CCCC1=O. The first-order chi connectivity index (χ1) is 13.6. The normalized spacial score (nSPS) is 13.6. The summed E-state index contributed by atoms with van der Waals surface area (Å²) in [5.74, 6) is -0.143. The lowest BCUT2D eigenvalue weighted by molar-refractivity contribution is -0.117. The third-order valence-corrected chi connectivity index (χ3v) is 4.92. The smallest absolute Gasteiger partial charge is 0.257 e. The van der Waals surface area contributed by atoms with Gasteiger partial charge in [-0.25, -0.2) is 0 Å². The van der Waals surface area contributed by atoms with Gasteiger partial charge in [0.25, 0.3) is 5.91 Å². The third kappa shape index (κ3) is 3.51. The number of aromatic nitrogens is 1. The summed E-state index contributed by atoms with van der Waals surface area (Å²) in [5.41, 5.74) is 4.39. The van der Waals surface area contributed by atoms with Crippen molar-refractivity contribution in [1.82, 2.24) is 4.98 Å². The summed E-state index contributed by atoms with van der Waals surface area (Å²) < 4.78 is 0. The topological polar surface area (TPSA) is 62.3 Å². The second-order valence-electron chi connectivity index (χ2n) is 6.82. The van der Waals surface area contributed by atoms with Gasteiger partial charge < -0.3 is 10.2 Å². The molecule has 2 amide bonds. The first-order valence-electron chi connectivity index (χ1n) is 9.37. The second kappa shape index (κ2) is 7.64. The first-order valence-corrected chi connectivity index (χ1v) is 9.37. The molecule has 28 heavy (non-hydrogen) atoms. The highest BCUT2D eigenvalue weighted by atomic mass is 16.2. The average molecular weight is 371 g/mol. The molecule has 1 N–H and O–H groups in total. The fourth-order valence-electron chi connectivity index (χ4n) is 3.48. The zero-order valence-corrected chi connectivity index (χ0v) is 15.7. The van der Waals surface area contributed by atoms with Crippen LogP contribution in [-0.4, -0.2) is 23.3 Å². The van der Waals surface area contributed by atoms with Gasteiger partial charge >= 0.3 is 0 Å². The lowest BCUT2D eigenvalue weighted by atomic mass is 10.1. The Balaban J connectivity index is 1.59. The number of nitrogens with one attached hydrogen (secondary N) is 1. The van der Waals surface area contributed by atoms with Crippen molar-refractivity contribution in [1.29, 1.82) is 0 Å². The van der Waals surface area contributed by atoms with Crippen molar-refractivity contribution in [2.45, 2.75) is 19.8 Å². The van der Waals surface area contributed by atoms with Crippen LogP contribution in [0.3, 0.4) is 0 Å². The summed E-state index contributed by atoms with van der Waals surface area (Å²) in [5, 5.41) is 2.95. The van der Waals surface area contributed by atoms with Gasteiger partial charge in [-0.05, 0) is 37.6 Å². The fraction of sp³-hybridized carbons (Fsp3) is 0.174. The van der Waals surface area contributed by atoms with Gasteiger partial charge in [0.1, 0.15) is 0 Å². The van der Waals surface area contributed by atoms with Crippen molar-refractivity contribution in [3.63, 3.8) is 0 Å².